The number of amides is 1. The largest absolute Gasteiger partial charge is 0.453 e. The number of alkyl carbamates (subject to hydrolysis) is 1. The molecule has 1 fully saturated rings. The van der Waals surface area contributed by atoms with Gasteiger partial charge in [0.25, 0.3) is 0 Å². The summed E-state index contributed by atoms with van der Waals surface area (Å²) < 4.78 is 4.66. The van der Waals surface area contributed by atoms with Crippen LogP contribution in [0.1, 0.15) is 37.2 Å². The predicted octanol–water partition coefficient (Wildman–Crippen LogP) is 2.96. The zero-order chi connectivity index (χ0) is 13.7. The molecule has 0 aliphatic heterocycles. The maximum absolute atomic E-state index is 11.5. The third-order valence-corrected chi connectivity index (χ3v) is 3.82. The van der Waals surface area contributed by atoms with Crippen LogP contribution in [0.3, 0.4) is 0 Å². The first-order valence-electron chi connectivity index (χ1n) is 6.54. The minimum atomic E-state index is -0.854. The van der Waals surface area contributed by atoms with E-state index in [1.54, 1.807) is 0 Å². The quantitative estimate of drug-likeness (QED) is 0.887. The van der Waals surface area contributed by atoms with Gasteiger partial charge in [-0.2, -0.15) is 5.26 Å². The van der Waals surface area contributed by atoms with Crippen LogP contribution in [-0.2, 0) is 4.74 Å². The molecule has 1 saturated carbocycles. The highest BCUT2D eigenvalue weighted by atomic mass is 16.5. The smallest absolute Gasteiger partial charge is 0.408 e. The maximum atomic E-state index is 11.5. The summed E-state index contributed by atoms with van der Waals surface area (Å²) in [6, 6.07) is 12.2. The molecule has 4 nitrogen and oxygen atoms in total. The van der Waals surface area contributed by atoms with E-state index in [-0.39, 0.29) is 5.92 Å². The summed E-state index contributed by atoms with van der Waals surface area (Å²) in [5.74, 6) is 0.0200. The number of nitriles is 1. The predicted molar refractivity (Wildman–Crippen MR) is 71.5 cm³/mol. The van der Waals surface area contributed by atoms with Crippen molar-refractivity contribution in [3.8, 4) is 6.07 Å². The van der Waals surface area contributed by atoms with Crippen molar-refractivity contribution >= 4 is 6.09 Å². The van der Waals surface area contributed by atoms with Gasteiger partial charge in [-0.25, -0.2) is 4.79 Å². The molecule has 1 aromatic carbocycles. The van der Waals surface area contributed by atoms with Crippen LogP contribution in [-0.4, -0.2) is 18.7 Å². The molecule has 1 aliphatic carbocycles. The molecule has 0 radical (unpaired) electrons. The first kappa shape index (κ1) is 13.4. The van der Waals surface area contributed by atoms with Crippen LogP contribution < -0.4 is 5.32 Å². The Morgan fingerprint density at radius 2 is 2.16 bits per heavy atom. The lowest BCUT2D eigenvalue weighted by atomic mass is 9.70. The second kappa shape index (κ2) is 5.75. The van der Waals surface area contributed by atoms with E-state index < -0.39 is 11.6 Å². The van der Waals surface area contributed by atoms with Crippen molar-refractivity contribution in [2.75, 3.05) is 7.11 Å². The minimum Gasteiger partial charge on any atom is -0.453 e. The molecule has 0 spiro atoms. The molecule has 4 heteroatoms. The Bertz CT molecular complexity index is 481. The number of hydrogen-bond donors (Lipinski definition) is 1. The standard InChI is InChI=1S/C15H18N2O2/c1-19-14(18)17-15(11-16)10-6-5-9-13(15)12-7-3-2-4-8-12/h2-4,7-8,13H,5-6,9-10H2,1H3,(H,17,18)/t13?,15-/m0/s1. The Balaban J connectivity index is 2.33. The topological polar surface area (TPSA) is 62.1 Å². The summed E-state index contributed by atoms with van der Waals surface area (Å²) >= 11 is 0. The lowest BCUT2D eigenvalue weighted by Crippen LogP contribution is -2.53. The zero-order valence-electron chi connectivity index (χ0n) is 11.1. The van der Waals surface area contributed by atoms with Crippen LogP contribution in [0.2, 0.25) is 0 Å². The highest BCUT2D eigenvalue weighted by Crippen LogP contribution is 2.40. The molecular weight excluding hydrogens is 240 g/mol. The number of rotatable bonds is 2. The maximum Gasteiger partial charge on any atom is 0.408 e. The Morgan fingerprint density at radius 3 is 2.79 bits per heavy atom. The van der Waals surface area contributed by atoms with E-state index in [9.17, 15) is 10.1 Å². The lowest BCUT2D eigenvalue weighted by Gasteiger charge is -2.39. The number of methoxy groups -OCH3 is 1. The minimum absolute atomic E-state index is 0.0200. The average Bonchev–Trinajstić information content (AvgIpc) is 2.48. The summed E-state index contributed by atoms with van der Waals surface area (Å²) in [6.45, 7) is 0. The Morgan fingerprint density at radius 1 is 1.42 bits per heavy atom. The molecule has 1 aromatic rings. The molecule has 100 valence electrons. The van der Waals surface area contributed by atoms with E-state index in [0.29, 0.717) is 6.42 Å². The van der Waals surface area contributed by atoms with Gasteiger partial charge in [-0.05, 0) is 24.8 Å². The van der Waals surface area contributed by atoms with E-state index in [2.05, 4.69) is 16.1 Å². The van der Waals surface area contributed by atoms with Gasteiger partial charge in [0, 0.05) is 5.92 Å². The van der Waals surface area contributed by atoms with Crippen molar-refractivity contribution in [1.82, 2.24) is 5.32 Å². The molecule has 19 heavy (non-hydrogen) atoms. The van der Waals surface area contributed by atoms with Crippen molar-refractivity contribution in [2.45, 2.75) is 37.1 Å². The van der Waals surface area contributed by atoms with Crippen molar-refractivity contribution < 1.29 is 9.53 Å². The first-order valence-corrected chi connectivity index (χ1v) is 6.54. The molecular formula is C15H18N2O2. The van der Waals surface area contributed by atoms with Crippen LogP contribution in [0.25, 0.3) is 0 Å². The highest BCUT2D eigenvalue weighted by Gasteiger charge is 2.43. The van der Waals surface area contributed by atoms with Gasteiger partial charge in [0.05, 0.1) is 13.2 Å². The molecule has 0 aromatic heterocycles. The summed E-state index contributed by atoms with van der Waals surface area (Å²) in [6.07, 6.45) is 3.05. The van der Waals surface area contributed by atoms with E-state index in [4.69, 9.17) is 0 Å². The third kappa shape index (κ3) is 2.70. The van der Waals surface area contributed by atoms with Crippen molar-refractivity contribution in [2.24, 2.45) is 0 Å². The summed E-state index contributed by atoms with van der Waals surface area (Å²) in [5.41, 5.74) is 0.243. The lowest BCUT2D eigenvalue weighted by molar-refractivity contribution is 0.150. The van der Waals surface area contributed by atoms with Gasteiger partial charge in [-0.3, -0.25) is 0 Å². The molecule has 1 unspecified atom stereocenters. The molecule has 2 atom stereocenters. The summed E-state index contributed by atoms with van der Waals surface area (Å²) in [5, 5.41) is 12.4. The fourth-order valence-corrected chi connectivity index (χ4v) is 2.85. The second-order valence-electron chi connectivity index (χ2n) is 4.91. The highest BCUT2D eigenvalue weighted by molar-refractivity contribution is 5.69. The molecule has 0 heterocycles. The van der Waals surface area contributed by atoms with Gasteiger partial charge in [0.1, 0.15) is 5.54 Å². The Hall–Kier alpha value is -2.02. The molecule has 0 bridgehead atoms. The normalized spacial score (nSPS) is 26.2. The zero-order valence-corrected chi connectivity index (χ0v) is 11.1. The monoisotopic (exact) mass is 258 g/mol. The van der Waals surface area contributed by atoms with Crippen LogP contribution in [0.4, 0.5) is 4.79 Å². The van der Waals surface area contributed by atoms with E-state index in [1.165, 1.54) is 7.11 Å². The van der Waals surface area contributed by atoms with Crippen LogP contribution in [0.15, 0.2) is 30.3 Å². The van der Waals surface area contributed by atoms with Crippen molar-refractivity contribution in [3.63, 3.8) is 0 Å². The van der Waals surface area contributed by atoms with Crippen molar-refractivity contribution in [1.29, 1.82) is 5.26 Å². The first-order chi connectivity index (χ1) is 9.22. The SMILES string of the molecule is COC(=O)N[C@]1(C#N)CCCCC1c1ccccc1. The molecule has 1 amide bonds. The van der Waals surface area contributed by atoms with Gasteiger partial charge in [-0.15, -0.1) is 0 Å². The number of carbonyl (C=O) groups is 1. The van der Waals surface area contributed by atoms with E-state index in [1.807, 2.05) is 30.3 Å². The van der Waals surface area contributed by atoms with Crippen molar-refractivity contribution in [3.05, 3.63) is 35.9 Å². The average molecular weight is 258 g/mol. The Labute approximate surface area is 113 Å². The van der Waals surface area contributed by atoms with Crippen LogP contribution >= 0.6 is 0 Å². The third-order valence-electron chi connectivity index (χ3n) is 3.82. The van der Waals surface area contributed by atoms with E-state index in [0.717, 1.165) is 24.8 Å². The molecule has 1 N–H and O–H groups in total. The number of nitrogens with one attached hydrogen (secondary N) is 1. The molecule has 2 rings (SSSR count). The molecule has 0 saturated heterocycles. The molecule has 1 aliphatic rings. The van der Waals surface area contributed by atoms with E-state index >= 15 is 0 Å². The number of carbonyl (C=O) groups excluding carboxylic acids is 1. The number of hydrogen-bond acceptors (Lipinski definition) is 3. The van der Waals surface area contributed by atoms with Gasteiger partial charge in [-0.1, -0.05) is 36.8 Å². The fraction of sp³-hybridized carbons (Fsp3) is 0.467. The van der Waals surface area contributed by atoms with Gasteiger partial charge >= 0.3 is 6.09 Å². The van der Waals surface area contributed by atoms with Gasteiger partial charge < -0.3 is 10.1 Å². The number of benzene rings is 1. The van der Waals surface area contributed by atoms with Crippen LogP contribution in [0, 0.1) is 11.3 Å². The van der Waals surface area contributed by atoms with Crippen LogP contribution in [0.5, 0.6) is 0 Å². The number of ether oxygens (including phenoxy) is 1. The summed E-state index contributed by atoms with van der Waals surface area (Å²) in [7, 11) is 1.32. The Kier molecular flexibility index (Phi) is 4.06. The second-order valence-corrected chi connectivity index (χ2v) is 4.91. The fourth-order valence-electron chi connectivity index (χ4n) is 2.85. The van der Waals surface area contributed by atoms with Gasteiger partial charge in [0.15, 0.2) is 0 Å². The number of nitrogens with zero attached hydrogens (tertiary/aromatic N) is 1. The summed E-state index contributed by atoms with van der Waals surface area (Å²) in [4.78, 5) is 11.5. The van der Waals surface area contributed by atoms with Gasteiger partial charge in [0.2, 0.25) is 0 Å².